The fourth-order valence-corrected chi connectivity index (χ4v) is 5.14. The number of likely N-dealkylation sites (tertiary alicyclic amines) is 1. The van der Waals surface area contributed by atoms with Crippen molar-refractivity contribution < 1.29 is 24.2 Å². The number of hydrogen-bond donors (Lipinski definition) is 2. The summed E-state index contributed by atoms with van der Waals surface area (Å²) in [6.07, 6.45) is 4.78. The van der Waals surface area contributed by atoms with E-state index in [-0.39, 0.29) is 24.2 Å². The van der Waals surface area contributed by atoms with Crippen molar-refractivity contribution in [1.82, 2.24) is 19.9 Å². The van der Waals surface area contributed by atoms with Crippen molar-refractivity contribution >= 4 is 46.8 Å². The predicted octanol–water partition coefficient (Wildman–Crippen LogP) is 4.15. The summed E-state index contributed by atoms with van der Waals surface area (Å²) in [6, 6.07) is 5.71. The molecule has 0 spiro atoms. The smallest absolute Gasteiger partial charge is 0.415 e. The molecule has 0 bridgehead atoms. The maximum absolute atomic E-state index is 13.2. The van der Waals surface area contributed by atoms with Gasteiger partial charge in [-0.3, -0.25) is 4.79 Å². The summed E-state index contributed by atoms with van der Waals surface area (Å²) < 4.78 is 5.46. The molecule has 0 saturated carbocycles. The molecule has 1 atom stereocenters. The van der Waals surface area contributed by atoms with E-state index in [1.54, 1.807) is 46.9 Å². The molecule has 3 heterocycles. The van der Waals surface area contributed by atoms with Crippen molar-refractivity contribution in [2.24, 2.45) is 0 Å². The van der Waals surface area contributed by atoms with Gasteiger partial charge in [-0.2, -0.15) is 4.98 Å². The first-order valence-electron chi connectivity index (χ1n) is 13.7. The lowest BCUT2D eigenvalue weighted by Crippen LogP contribution is -2.36. The van der Waals surface area contributed by atoms with Crippen LogP contribution in [0.3, 0.4) is 0 Å². The number of carboxylic acids is 1. The van der Waals surface area contributed by atoms with Gasteiger partial charge in [-0.1, -0.05) is 12.1 Å². The van der Waals surface area contributed by atoms with Gasteiger partial charge in [-0.25, -0.2) is 19.6 Å². The highest BCUT2D eigenvalue weighted by atomic mass is 32.1. The van der Waals surface area contributed by atoms with E-state index < -0.39 is 12.0 Å². The van der Waals surface area contributed by atoms with Gasteiger partial charge in [0.15, 0.2) is 10.8 Å². The van der Waals surface area contributed by atoms with Crippen LogP contribution in [-0.4, -0.2) is 81.7 Å². The summed E-state index contributed by atoms with van der Waals surface area (Å²) in [5.41, 5.74) is 1.08. The normalized spacial score (nSPS) is 13.5. The first-order valence-corrected chi connectivity index (χ1v) is 14.6. The molecule has 1 fully saturated rings. The Morgan fingerprint density at radius 3 is 2.37 bits per heavy atom. The van der Waals surface area contributed by atoms with E-state index in [0.29, 0.717) is 55.1 Å². The fraction of sp³-hybridized carbons (Fsp3) is 0.429. The van der Waals surface area contributed by atoms with Crippen LogP contribution in [-0.2, 0) is 11.2 Å². The first-order chi connectivity index (χ1) is 19.8. The van der Waals surface area contributed by atoms with Crippen molar-refractivity contribution in [2.45, 2.75) is 46.1 Å². The Bertz CT molecular complexity index is 1330. The Balaban J connectivity index is 1.58. The van der Waals surface area contributed by atoms with E-state index in [2.05, 4.69) is 20.3 Å². The lowest BCUT2D eigenvalue weighted by molar-refractivity contribution is -0.137. The molecule has 4 rings (SSSR count). The second-order valence-corrected chi connectivity index (χ2v) is 10.3. The number of benzene rings is 1. The number of hydrogen-bond acceptors (Lipinski definition) is 10. The number of nitrogens with one attached hydrogen (secondary N) is 1. The van der Waals surface area contributed by atoms with Crippen LogP contribution in [0.4, 0.5) is 22.2 Å². The molecule has 2 aromatic heterocycles. The SMILES string of the molecule is CCN(CC)c1ncc(N(CC)C(=O)c2nccs2)c(N[C@@H](Cc2ccc(OC(=O)N3CCCC3)cc2)C(=O)O)n1. The van der Waals surface area contributed by atoms with E-state index >= 15 is 0 Å². The molecule has 12 nitrogen and oxygen atoms in total. The van der Waals surface area contributed by atoms with Gasteiger partial charge in [0.25, 0.3) is 5.91 Å². The zero-order chi connectivity index (χ0) is 29.4. The van der Waals surface area contributed by atoms with Crippen molar-refractivity contribution in [1.29, 1.82) is 0 Å². The minimum absolute atomic E-state index is 0.117. The average Bonchev–Trinajstić information content (AvgIpc) is 3.71. The minimum atomic E-state index is -1.09. The highest BCUT2D eigenvalue weighted by Gasteiger charge is 2.27. The highest BCUT2D eigenvalue weighted by molar-refractivity contribution is 7.11. The van der Waals surface area contributed by atoms with Gasteiger partial charge in [0.1, 0.15) is 17.5 Å². The number of nitrogens with zero attached hydrogens (tertiary/aromatic N) is 6. The third-order valence-corrected chi connectivity index (χ3v) is 7.57. The Kier molecular flexibility index (Phi) is 10.1. The van der Waals surface area contributed by atoms with Crippen LogP contribution in [0.5, 0.6) is 5.75 Å². The number of amides is 2. The van der Waals surface area contributed by atoms with Crippen LogP contribution in [0, 0.1) is 0 Å². The maximum atomic E-state index is 13.2. The summed E-state index contributed by atoms with van der Waals surface area (Å²) in [5, 5.41) is 15.2. The van der Waals surface area contributed by atoms with Gasteiger partial charge in [0.2, 0.25) is 5.95 Å². The Labute approximate surface area is 243 Å². The van der Waals surface area contributed by atoms with Crippen LogP contribution in [0.15, 0.2) is 42.0 Å². The molecule has 0 aliphatic carbocycles. The largest absolute Gasteiger partial charge is 0.480 e. The van der Waals surface area contributed by atoms with Gasteiger partial charge in [0.05, 0.1) is 6.20 Å². The van der Waals surface area contributed by atoms with E-state index in [1.165, 1.54) is 16.2 Å². The number of anilines is 3. The molecule has 1 aromatic carbocycles. The number of carbonyl (C=O) groups is 3. The summed E-state index contributed by atoms with van der Waals surface area (Å²) in [5.74, 6) is -0.357. The highest BCUT2D eigenvalue weighted by Crippen LogP contribution is 2.29. The first kappa shape index (κ1) is 29.7. The summed E-state index contributed by atoms with van der Waals surface area (Å²) in [7, 11) is 0. The zero-order valence-electron chi connectivity index (χ0n) is 23.4. The van der Waals surface area contributed by atoms with E-state index in [0.717, 1.165) is 18.4 Å². The molecule has 1 saturated heterocycles. The van der Waals surface area contributed by atoms with Gasteiger partial charge in [-0.05, 0) is 51.3 Å². The lowest BCUT2D eigenvalue weighted by atomic mass is 10.1. The number of aromatic nitrogens is 3. The molecule has 13 heteroatoms. The number of rotatable bonds is 12. The molecule has 218 valence electrons. The van der Waals surface area contributed by atoms with Gasteiger partial charge in [-0.15, -0.1) is 11.3 Å². The second-order valence-electron chi connectivity index (χ2n) is 9.41. The number of aliphatic carboxylic acids is 1. The number of carboxylic acid groups (broad SMARTS) is 1. The number of ether oxygens (including phenoxy) is 1. The molecule has 2 N–H and O–H groups in total. The molecule has 2 amide bonds. The van der Waals surface area contributed by atoms with Crippen molar-refractivity contribution in [3.05, 3.63) is 52.6 Å². The molecular formula is C28H35N7O5S. The van der Waals surface area contributed by atoms with Crippen LogP contribution in [0.2, 0.25) is 0 Å². The van der Waals surface area contributed by atoms with Gasteiger partial charge < -0.3 is 29.9 Å². The number of carbonyl (C=O) groups excluding carboxylic acids is 2. The molecule has 0 unspecified atom stereocenters. The Morgan fingerprint density at radius 2 is 1.78 bits per heavy atom. The quantitative estimate of drug-likeness (QED) is 0.320. The molecule has 0 radical (unpaired) electrons. The van der Waals surface area contributed by atoms with E-state index in [1.807, 2.05) is 25.7 Å². The van der Waals surface area contributed by atoms with Crippen molar-refractivity contribution in [3.63, 3.8) is 0 Å². The Morgan fingerprint density at radius 1 is 1.07 bits per heavy atom. The van der Waals surface area contributed by atoms with Gasteiger partial charge in [0, 0.05) is 50.7 Å². The average molecular weight is 582 g/mol. The third-order valence-electron chi connectivity index (χ3n) is 6.81. The van der Waals surface area contributed by atoms with Crippen LogP contribution in [0.25, 0.3) is 0 Å². The summed E-state index contributed by atoms with van der Waals surface area (Å²) in [4.78, 5) is 56.3. The minimum Gasteiger partial charge on any atom is -0.480 e. The van der Waals surface area contributed by atoms with Crippen LogP contribution < -0.4 is 19.9 Å². The fourth-order valence-electron chi connectivity index (χ4n) is 4.56. The van der Waals surface area contributed by atoms with E-state index in [4.69, 9.17) is 4.74 Å². The molecule has 3 aromatic rings. The molecule has 1 aliphatic rings. The van der Waals surface area contributed by atoms with Crippen LogP contribution in [0.1, 0.15) is 49.0 Å². The predicted molar refractivity (Wildman–Crippen MR) is 157 cm³/mol. The zero-order valence-corrected chi connectivity index (χ0v) is 24.3. The second kappa shape index (κ2) is 13.9. The third kappa shape index (κ3) is 7.28. The summed E-state index contributed by atoms with van der Waals surface area (Å²) in [6.45, 7) is 8.76. The molecule has 41 heavy (non-hydrogen) atoms. The molecular weight excluding hydrogens is 546 g/mol. The maximum Gasteiger partial charge on any atom is 0.415 e. The topological polar surface area (TPSA) is 141 Å². The van der Waals surface area contributed by atoms with Gasteiger partial charge >= 0.3 is 12.1 Å². The molecule has 1 aliphatic heterocycles. The van der Waals surface area contributed by atoms with E-state index in [9.17, 15) is 19.5 Å². The monoisotopic (exact) mass is 581 g/mol. The van der Waals surface area contributed by atoms with Crippen molar-refractivity contribution in [2.75, 3.05) is 47.8 Å². The standard InChI is InChI=1S/C28H35N7O5S/c1-4-33(5-2)27-30-18-22(35(6-3)25(36)24-29-13-16-41-24)23(32-27)31-21(26(37)38)17-19-9-11-20(12-10-19)40-28(39)34-14-7-8-15-34/h9-13,16,18,21H,4-8,14-15,17H2,1-3H3,(H,37,38)(H,30,31,32)/t21-/m0/s1. The van der Waals surface area contributed by atoms with Crippen molar-refractivity contribution in [3.8, 4) is 5.75 Å². The summed E-state index contributed by atoms with van der Waals surface area (Å²) >= 11 is 1.22. The number of thiazole rings is 1. The lowest BCUT2D eigenvalue weighted by Gasteiger charge is -2.26. The van der Waals surface area contributed by atoms with Crippen LogP contribution >= 0.6 is 11.3 Å². The Hall–Kier alpha value is -4.26.